The first-order valence-electron chi connectivity index (χ1n) is 6.48. The minimum atomic E-state index is -2.33. The molecule has 0 aliphatic heterocycles. The average Bonchev–Trinajstić information content (AvgIpc) is 1.93. The first-order valence-corrected chi connectivity index (χ1v) is 8.80. The first-order chi connectivity index (χ1) is 7.33. The maximum absolute atomic E-state index is 6.16. The molecule has 0 aromatic rings. The molecule has 0 heterocycles. The highest BCUT2D eigenvalue weighted by Crippen LogP contribution is 2.21. The summed E-state index contributed by atoms with van der Waals surface area (Å²) in [5, 5.41) is 0. The van der Waals surface area contributed by atoms with Crippen molar-refractivity contribution in [3.05, 3.63) is 0 Å². The summed E-state index contributed by atoms with van der Waals surface area (Å²) in [5.74, 6) is 0.592. The predicted octanol–water partition coefficient (Wildman–Crippen LogP) is 3.43. The lowest BCUT2D eigenvalue weighted by atomic mass is 10.2. The normalized spacial score (nSPS) is 14.5. The third-order valence-corrected chi connectivity index (χ3v) is 4.68. The zero-order valence-corrected chi connectivity index (χ0v) is 14.1. The number of hydrogen-bond acceptors (Lipinski definition) is 3. The molecule has 17 heavy (non-hydrogen) atoms. The van der Waals surface area contributed by atoms with E-state index in [9.17, 15) is 0 Å². The quantitative estimate of drug-likeness (QED) is 0.769. The van der Waals surface area contributed by atoms with Crippen molar-refractivity contribution < 1.29 is 8.85 Å². The summed E-state index contributed by atoms with van der Waals surface area (Å²) < 4.78 is 12.3. The van der Waals surface area contributed by atoms with Gasteiger partial charge in [0.25, 0.3) is 0 Å². The summed E-state index contributed by atoms with van der Waals surface area (Å²) in [6.07, 6.45) is 0. The van der Waals surface area contributed by atoms with E-state index in [4.69, 9.17) is 8.85 Å². The van der Waals surface area contributed by atoms with Crippen molar-refractivity contribution in [3.8, 4) is 0 Å². The van der Waals surface area contributed by atoms with Gasteiger partial charge >= 0.3 is 8.72 Å². The Labute approximate surface area is 109 Å². The number of rotatable bonds is 5. The molecule has 0 radical (unpaired) electrons. The van der Waals surface area contributed by atoms with Gasteiger partial charge in [0.15, 0.2) is 0 Å². The minimum Gasteiger partial charge on any atom is -0.378 e. The summed E-state index contributed by atoms with van der Waals surface area (Å²) in [7, 11) is -2.33. The van der Waals surface area contributed by atoms with Crippen LogP contribution >= 0.6 is 0 Å². The van der Waals surface area contributed by atoms with Crippen molar-refractivity contribution in [2.45, 2.75) is 73.1 Å². The van der Waals surface area contributed by atoms with Crippen molar-refractivity contribution in [2.24, 2.45) is 5.92 Å². The molecule has 0 spiro atoms. The van der Waals surface area contributed by atoms with Crippen LogP contribution < -0.4 is 4.98 Å². The van der Waals surface area contributed by atoms with Gasteiger partial charge in [-0.05, 0) is 60.6 Å². The van der Waals surface area contributed by atoms with E-state index in [0.29, 0.717) is 5.92 Å². The second-order valence-corrected chi connectivity index (χ2v) is 9.80. The minimum absolute atomic E-state index is 0.184. The molecule has 0 unspecified atom stereocenters. The highest BCUT2D eigenvalue weighted by molar-refractivity contribution is 6.63. The summed E-state index contributed by atoms with van der Waals surface area (Å²) >= 11 is 0. The highest BCUT2D eigenvalue weighted by atomic mass is 28.4. The molecule has 104 valence electrons. The predicted molar refractivity (Wildman–Crippen MR) is 76.1 cm³/mol. The van der Waals surface area contributed by atoms with E-state index in [0.717, 1.165) is 6.54 Å². The molecule has 0 atom stereocenters. The van der Waals surface area contributed by atoms with Gasteiger partial charge in [0.05, 0.1) is 11.2 Å². The van der Waals surface area contributed by atoms with Crippen molar-refractivity contribution in [1.29, 1.82) is 0 Å². The lowest BCUT2D eigenvalue weighted by Gasteiger charge is -2.39. The van der Waals surface area contributed by atoms with Crippen molar-refractivity contribution in [2.75, 3.05) is 6.54 Å². The molecule has 0 saturated carbocycles. The SMILES string of the molecule is CC(C)CN[Si](C)(OC(C)(C)C)OC(C)(C)C. The Bertz CT molecular complexity index is 213. The van der Waals surface area contributed by atoms with Gasteiger partial charge in [0.2, 0.25) is 0 Å². The summed E-state index contributed by atoms with van der Waals surface area (Å²) in [5.41, 5.74) is -0.369. The molecular weight excluding hydrogens is 230 g/mol. The van der Waals surface area contributed by atoms with Gasteiger partial charge in [-0.3, -0.25) is 4.98 Å². The highest BCUT2D eigenvalue weighted by Gasteiger charge is 2.40. The van der Waals surface area contributed by atoms with Crippen LogP contribution in [-0.4, -0.2) is 26.5 Å². The molecule has 4 heteroatoms. The fourth-order valence-electron chi connectivity index (χ4n) is 1.65. The van der Waals surface area contributed by atoms with Gasteiger partial charge < -0.3 is 8.85 Å². The maximum Gasteiger partial charge on any atom is 0.422 e. The van der Waals surface area contributed by atoms with Crippen LogP contribution in [0, 0.1) is 5.92 Å². The monoisotopic (exact) mass is 261 g/mol. The Morgan fingerprint density at radius 1 is 0.941 bits per heavy atom. The smallest absolute Gasteiger partial charge is 0.378 e. The fourth-order valence-corrected chi connectivity index (χ4v) is 4.95. The van der Waals surface area contributed by atoms with E-state index < -0.39 is 8.72 Å². The van der Waals surface area contributed by atoms with Gasteiger partial charge in [-0.2, -0.15) is 0 Å². The Kier molecular flexibility index (Phi) is 5.86. The van der Waals surface area contributed by atoms with E-state index in [1.807, 2.05) is 0 Å². The van der Waals surface area contributed by atoms with Crippen LogP contribution in [0.25, 0.3) is 0 Å². The van der Waals surface area contributed by atoms with Crippen LogP contribution in [0.2, 0.25) is 6.55 Å². The second kappa shape index (κ2) is 5.82. The van der Waals surface area contributed by atoms with Crippen LogP contribution in [0.1, 0.15) is 55.4 Å². The second-order valence-electron chi connectivity index (χ2n) is 7.15. The van der Waals surface area contributed by atoms with Crippen LogP contribution in [0.3, 0.4) is 0 Å². The molecule has 0 aliphatic rings. The van der Waals surface area contributed by atoms with Gasteiger partial charge in [0, 0.05) is 0 Å². The molecule has 1 N–H and O–H groups in total. The summed E-state index contributed by atoms with van der Waals surface area (Å²) in [6, 6.07) is 0. The molecule has 0 fully saturated rings. The van der Waals surface area contributed by atoms with Crippen LogP contribution in [0.4, 0.5) is 0 Å². The van der Waals surface area contributed by atoms with Crippen LogP contribution in [0.5, 0.6) is 0 Å². The molecule has 0 amide bonds. The van der Waals surface area contributed by atoms with Gasteiger partial charge in [0.1, 0.15) is 0 Å². The summed E-state index contributed by atoms with van der Waals surface area (Å²) in [6.45, 7) is 19.8. The number of hydrogen-bond donors (Lipinski definition) is 1. The molecule has 0 rings (SSSR count). The fraction of sp³-hybridized carbons (Fsp3) is 1.00. The molecule has 0 bridgehead atoms. The van der Waals surface area contributed by atoms with Crippen molar-refractivity contribution in [3.63, 3.8) is 0 Å². The lowest BCUT2D eigenvalue weighted by Crippen LogP contribution is -2.60. The largest absolute Gasteiger partial charge is 0.422 e. The van der Waals surface area contributed by atoms with Gasteiger partial charge in [-0.25, -0.2) is 0 Å². The zero-order chi connectivity index (χ0) is 13.9. The Balaban J connectivity index is 4.69. The van der Waals surface area contributed by atoms with E-state index >= 15 is 0 Å². The molecule has 0 aliphatic carbocycles. The summed E-state index contributed by atoms with van der Waals surface area (Å²) in [4.78, 5) is 3.50. The van der Waals surface area contributed by atoms with E-state index in [-0.39, 0.29) is 11.2 Å². The third-order valence-electron chi connectivity index (χ3n) is 1.83. The van der Waals surface area contributed by atoms with Crippen molar-refractivity contribution in [1.82, 2.24) is 4.98 Å². The zero-order valence-electron chi connectivity index (χ0n) is 13.1. The first kappa shape index (κ1) is 17.1. The molecule has 3 nitrogen and oxygen atoms in total. The topological polar surface area (TPSA) is 30.5 Å². The Morgan fingerprint density at radius 2 is 1.29 bits per heavy atom. The Hall–Kier alpha value is 0.0969. The van der Waals surface area contributed by atoms with E-state index in [2.05, 4.69) is 66.9 Å². The maximum atomic E-state index is 6.16. The van der Waals surface area contributed by atoms with Crippen LogP contribution in [0.15, 0.2) is 0 Å². The standard InChI is InChI=1S/C13H31NO2Si/c1-11(2)10-14-17(9,15-12(3,4)5)16-13(6,7)8/h11,14H,10H2,1-9H3. The average molecular weight is 261 g/mol. The van der Waals surface area contributed by atoms with E-state index in [1.54, 1.807) is 0 Å². The van der Waals surface area contributed by atoms with Crippen LogP contribution in [-0.2, 0) is 8.85 Å². The molecular formula is C13H31NO2Si. The Morgan fingerprint density at radius 3 is 1.53 bits per heavy atom. The molecule has 0 saturated heterocycles. The number of nitrogens with one attached hydrogen (secondary N) is 1. The lowest BCUT2D eigenvalue weighted by molar-refractivity contribution is 0.0109. The molecule has 0 aromatic carbocycles. The van der Waals surface area contributed by atoms with E-state index in [1.165, 1.54) is 0 Å². The van der Waals surface area contributed by atoms with Crippen molar-refractivity contribution >= 4 is 8.72 Å². The third kappa shape index (κ3) is 9.77. The van der Waals surface area contributed by atoms with Gasteiger partial charge in [-0.15, -0.1) is 0 Å². The molecule has 0 aromatic heterocycles. The van der Waals surface area contributed by atoms with Gasteiger partial charge in [-0.1, -0.05) is 13.8 Å².